The minimum Gasteiger partial charge on any atom is -0.477 e. The van der Waals surface area contributed by atoms with E-state index in [0.29, 0.717) is 35.3 Å². The first kappa shape index (κ1) is 24.9. The molecule has 3 aromatic heterocycles. The van der Waals surface area contributed by atoms with Gasteiger partial charge in [0.05, 0.1) is 40.7 Å². The minimum absolute atomic E-state index is 0.0960. The van der Waals surface area contributed by atoms with E-state index in [9.17, 15) is 4.79 Å². The normalized spacial score (nSPS) is 12.5. The molecule has 8 nitrogen and oxygen atoms in total. The second-order valence-corrected chi connectivity index (χ2v) is 9.57. The number of para-hydroxylation sites is 2. The summed E-state index contributed by atoms with van der Waals surface area (Å²) in [5, 5.41) is 6.09. The SMILES string of the molecule is CCCOCCC(C)CCOc1nc(Cn2c(=O)c3ccccc3n3nc(C)cc23)nc2ccccc12. The summed E-state index contributed by atoms with van der Waals surface area (Å²) in [6.07, 6.45) is 2.95. The molecule has 5 aromatic rings. The molecule has 0 radical (unpaired) electrons. The van der Waals surface area contributed by atoms with Crippen LogP contribution in [0.2, 0.25) is 0 Å². The average molecular weight is 500 g/mol. The fraction of sp³-hybridized carbons (Fsp3) is 0.379. The summed E-state index contributed by atoms with van der Waals surface area (Å²) in [5.41, 5.74) is 3.02. The summed E-state index contributed by atoms with van der Waals surface area (Å²) < 4.78 is 15.3. The van der Waals surface area contributed by atoms with Crippen molar-refractivity contribution >= 4 is 27.5 Å². The van der Waals surface area contributed by atoms with E-state index >= 15 is 0 Å². The first-order valence-corrected chi connectivity index (χ1v) is 13.0. The predicted octanol–water partition coefficient (Wildman–Crippen LogP) is 5.17. The van der Waals surface area contributed by atoms with Crippen molar-refractivity contribution in [3.8, 4) is 5.88 Å². The molecule has 2 aromatic carbocycles. The van der Waals surface area contributed by atoms with Gasteiger partial charge in [0.15, 0.2) is 5.82 Å². The lowest BCUT2D eigenvalue weighted by Crippen LogP contribution is -2.24. The molecular formula is C29H33N5O3. The molecule has 192 valence electrons. The quantitative estimate of drug-likeness (QED) is 0.233. The second-order valence-electron chi connectivity index (χ2n) is 9.57. The fourth-order valence-electron chi connectivity index (χ4n) is 4.54. The lowest BCUT2D eigenvalue weighted by atomic mass is 10.1. The van der Waals surface area contributed by atoms with Crippen LogP contribution < -0.4 is 10.3 Å². The number of benzene rings is 2. The molecule has 1 unspecified atom stereocenters. The van der Waals surface area contributed by atoms with Crippen molar-refractivity contribution in [2.75, 3.05) is 19.8 Å². The van der Waals surface area contributed by atoms with E-state index in [1.165, 1.54) is 0 Å². The Balaban J connectivity index is 1.43. The molecule has 0 spiro atoms. The van der Waals surface area contributed by atoms with E-state index in [1.807, 2.05) is 66.0 Å². The molecule has 1 atom stereocenters. The fourth-order valence-corrected chi connectivity index (χ4v) is 4.54. The number of nitrogens with zero attached hydrogens (tertiary/aromatic N) is 5. The van der Waals surface area contributed by atoms with Gasteiger partial charge in [0.1, 0.15) is 5.65 Å². The molecule has 0 bridgehead atoms. The van der Waals surface area contributed by atoms with Crippen LogP contribution in [0.4, 0.5) is 0 Å². The monoisotopic (exact) mass is 499 g/mol. The topological polar surface area (TPSA) is 83.5 Å². The molecule has 37 heavy (non-hydrogen) atoms. The minimum atomic E-state index is -0.0960. The highest BCUT2D eigenvalue weighted by Gasteiger charge is 2.16. The molecule has 5 rings (SSSR count). The number of ether oxygens (including phenoxy) is 2. The lowest BCUT2D eigenvalue weighted by molar-refractivity contribution is 0.118. The van der Waals surface area contributed by atoms with E-state index in [2.05, 4.69) is 18.9 Å². The Bertz CT molecular complexity index is 1590. The Morgan fingerprint density at radius 3 is 2.54 bits per heavy atom. The van der Waals surface area contributed by atoms with Crippen LogP contribution in [0.15, 0.2) is 59.4 Å². The molecule has 8 heteroatoms. The first-order valence-electron chi connectivity index (χ1n) is 13.0. The van der Waals surface area contributed by atoms with Gasteiger partial charge in [-0.25, -0.2) is 9.50 Å². The van der Waals surface area contributed by atoms with Gasteiger partial charge in [0.2, 0.25) is 5.88 Å². The smallest absolute Gasteiger partial charge is 0.262 e. The van der Waals surface area contributed by atoms with Gasteiger partial charge >= 0.3 is 0 Å². The van der Waals surface area contributed by atoms with E-state index in [-0.39, 0.29) is 12.1 Å². The summed E-state index contributed by atoms with van der Waals surface area (Å²) >= 11 is 0. The summed E-state index contributed by atoms with van der Waals surface area (Å²) in [7, 11) is 0. The Morgan fingerprint density at radius 2 is 1.70 bits per heavy atom. The van der Waals surface area contributed by atoms with Crippen LogP contribution in [-0.4, -0.2) is 44.0 Å². The number of aromatic nitrogens is 5. The third kappa shape index (κ3) is 5.34. The van der Waals surface area contributed by atoms with Crippen molar-refractivity contribution in [3.05, 3.63) is 76.5 Å². The highest BCUT2D eigenvalue weighted by atomic mass is 16.5. The van der Waals surface area contributed by atoms with Gasteiger partial charge in [-0.3, -0.25) is 9.36 Å². The first-order chi connectivity index (χ1) is 18.0. The Kier molecular flexibility index (Phi) is 7.46. The molecule has 0 aliphatic carbocycles. The van der Waals surface area contributed by atoms with Crippen molar-refractivity contribution in [2.24, 2.45) is 5.92 Å². The van der Waals surface area contributed by atoms with Crippen LogP contribution in [-0.2, 0) is 11.3 Å². The molecule has 0 saturated heterocycles. The van der Waals surface area contributed by atoms with Crippen LogP contribution in [0, 0.1) is 12.8 Å². The maximum absolute atomic E-state index is 13.5. The molecular weight excluding hydrogens is 466 g/mol. The Labute approximate surface area is 215 Å². The largest absolute Gasteiger partial charge is 0.477 e. The highest BCUT2D eigenvalue weighted by molar-refractivity contribution is 5.83. The molecule has 0 fully saturated rings. The van der Waals surface area contributed by atoms with Crippen LogP contribution >= 0.6 is 0 Å². The summed E-state index contributed by atoms with van der Waals surface area (Å²) in [4.78, 5) is 23.0. The van der Waals surface area contributed by atoms with Crippen molar-refractivity contribution < 1.29 is 9.47 Å². The third-order valence-electron chi connectivity index (χ3n) is 6.56. The van der Waals surface area contributed by atoms with Crippen LogP contribution in [0.3, 0.4) is 0 Å². The van der Waals surface area contributed by atoms with Gasteiger partial charge in [0, 0.05) is 19.3 Å². The maximum Gasteiger partial charge on any atom is 0.262 e. The van der Waals surface area contributed by atoms with Gasteiger partial charge in [-0.2, -0.15) is 10.1 Å². The number of hydrogen-bond acceptors (Lipinski definition) is 6. The summed E-state index contributed by atoms with van der Waals surface area (Å²) in [5.74, 6) is 1.55. The zero-order chi connectivity index (χ0) is 25.8. The van der Waals surface area contributed by atoms with Gasteiger partial charge in [-0.15, -0.1) is 0 Å². The Hall–Kier alpha value is -3.78. The van der Waals surface area contributed by atoms with E-state index in [0.717, 1.165) is 54.6 Å². The van der Waals surface area contributed by atoms with Crippen molar-refractivity contribution in [1.82, 2.24) is 24.1 Å². The zero-order valence-electron chi connectivity index (χ0n) is 21.7. The van der Waals surface area contributed by atoms with E-state index < -0.39 is 0 Å². The molecule has 0 amide bonds. The van der Waals surface area contributed by atoms with Crippen molar-refractivity contribution in [3.63, 3.8) is 0 Å². The van der Waals surface area contributed by atoms with Gasteiger partial charge in [0.25, 0.3) is 5.56 Å². The molecule has 0 aliphatic rings. The van der Waals surface area contributed by atoms with E-state index in [1.54, 1.807) is 4.57 Å². The average Bonchev–Trinajstić information content (AvgIpc) is 3.30. The number of hydrogen-bond donors (Lipinski definition) is 0. The van der Waals surface area contributed by atoms with Crippen LogP contribution in [0.1, 0.15) is 44.6 Å². The maximum atomic E-state index is 13.5. The number of fused-ring (bicyclic) bond motifs is 4. The van der Waals surface area contributed by atoms with Crippen LogP contribution in [0.25, 0.3) is 27.5 Å². The molecule has 0 saturated carbocycles. The molecule has 3 heterocycles. The van der Waals surface area contributed by atoms with Gasteiger partial charge < -0.3 is 9.47 Å². The number of aryl methyl sites for hydroxylation is 1. The molecule has 0 aliphatic heterocycles. The summed E-state index contributed by atoms with van der Waals surface area (Å²) in [6, 6.07) is 17.3. The molecule has 0 N–H and O–H groups in total. The number of rotatable bonds is 11. The second kappa shape index (κ2) is 11.1. The van der Waals surface area contributed by atoms with Crippen molar-refractivity contribution in [1.29, 1.82) is 0 Å². The predicted molar refractivity (Wildman–Crippen MR) is 145 cm³/mol. The third-order valence-corrected chi connectivity index (χ3v) is 6.56. The standard InChI is InChI=1S/C29H33N5O3/c1-4-15-36-16-13-20(2)14-17-37-28-22-9-5-7-11-24(22)30-26(31-28)19-33-27-18-21(3)32-34(27)25-12-8-6-10-23(25)29(33)35/h5-12,18,20H,4,13-17,19H2,1-3H3. The summed E-state index contributed by atoms with van der Waals surface area (Å²) in [6.45, 7) is 8.61. The van der Waals surface area contributed by atoms with Crippen LogP contribution in [0.5, 0.6) is 5.88 Å². The van der Waals surface area contributed by atoms with Gasteiger partial charge in [-0.05, 0) is 56.4 Å². The van der Waals surface area contributed by atoms with Crippen molar-refractivity contribution in [2.45, 2.75) is 46.6 Å². The zero-order valence-corrected chi connectivity index (χ0v) is 21.7. The van der Waals surface area contributed by atoms with E-state index in [4.69, 9.17) is 19.4 Å². The highest BCUT2D eigenvalue weighted by Crippen LogP contribution is 2.24. The van der Waals surface area contributed by atoms with Gasteiger partial charge in [-0.1, -0.05) is 38.1 Å². The lowest BCUT2D eigenvalue weighted by Gasteiger charge is -2.14. The Morgan fingerprint density at radius 1 is 0.946 bits per heavy atom.